The Kier molecular flexibility index (Phi) is 4.67. The van der Waals surface area contributed by atoms with Gasteiger partial charge in [0.05, 0.1) is 0 Å². The maximum absolute atomic E-state index is 12.0. The molecule has 0 amide bonds. The van der Waals surface area contributed by atoms with Crippen molar-refractivity contribution in [3.8, 4) is 0 Å². The van der Waals surface area contributed by atoms with Crippen molar-refractivity contribution in [3.05, 3.63) is 12.2 Å². The maximum atomic E-state index is 12.0. The zero-order valence-corrected chi connectivity index (χ0v) is 11.5. The van der Waals surface area contributed by atoms with Crippen molar-refractivity contribution < 1.29 is 9.59 Å². The molecule has 0 fully saturated rings. The van der Waals surface area contributed by atoms with Crippen LogP contribution in [-0.2, 0) is 9.59 Å². The van der Waals surface area contributed by atoms with E-state index < -0.39 is 0 Å². The van der Waals surface area contributed by atoms with Crippen LogP contribution in [0.3, 0.4) is 0 Å². The molecule has 1 aliphatic carbocycles. The summed E-state index contributed by atoms with van der Waals surface area (Å²) in [6.45, 7) is 8.08. The van der Waals surface area contributed by atoms with Gasteiger partial charge in [0.1, 0.15) is 11.6 Å². The predicted molar refractivity (Wildman–Crippen MR) is 69.7 cm³/mol. The van der Waals surface area contributed by atoms with Crippen molar-refractivity contribution in [2.45, 2.75) is 53.4 Å². The molecule has 2 atom stereocenters. The van der Waals surface area contributed by atoms with Gasteiger partial charge < -0.3 is 0 Å². The van der Waals surface area contributed by atoms with Gasteiger partial charge in [-0.15, -0.1) is 0 Å². The second-order valence-electron chi connectivity index (χ2n) is 6.08. The first-order chi connectivity index (χ1) is 7.82. The molecular weight excluding hydrogens is 212 g/mol. The van der Waals surface area contributed by atoms with Crippen molar-refractivity contribution in [1.82, 2.24) is 0 Å². The number of hydrogen-bond donors (Lipinski definition) is 0. The summed E-state index contributed by atoms with van der Waals surface area (Å²) in [7, 11) is 0. The third-order valence-corrected chi connectivity index (χ3v) is 3.61. The van der Waals surface area contributed by atoms with Crippen LogP contribution in [0.25, 0.3) is 0 Å². The van der Waals surface area contributed by atoms with Gasteiger partial charge in [-0.3, -0.25) is 9.59 Å². The lowest BCUT2D eigenvalue weighted by molar-refractivity contribution is -0.125. The molecule has 1 aliphatic rings. The predicted octanol–water partition coefficient (Wildman–Crippen LogP) is 3.55. The molecular formula is C15H24O2. The standard InChI is InChI=1S/C15H24O2/c1-11-6-5-9-15(3,4)10-14(17)12(2)7-8-13(11)16/h5,9,11-12H,6-8,10H2,1-4H3/b9-5-/t11-,12+/m1/s1. The maximum Gasteiger partial charge on any atom is 0.136 e. The van der Waals surface area contributed by atoms with Crippen LogP contribution < -0.4 is 0 Å². The fraction of sp³-hybridized carbons (Fsp3) is 0.733. The van der Waals surface area contributed by atoms with Gasteiger partial charge in [0.2, 0.25) is 0 Å². The van der Waals surface area contributed by atoms with Crippen molar-refractivity contribution in [2.24, 2.45) is 17.3 Å². The quantitative estimate of drug-likeness (QED) is 0.603. The molecule has 0 spiro atoms. The average Bonchev–Trinajstić information content (AvgIpc) is 2.23. The lowest BCUT2D eigenvalue weighted by Crippen LogP contribution is -2.20. The Bertz CT molecular complexity index is 326. The Balaban J connectivity index is 2.84. The molecule has 0 unspecified atom stereocenters. The van der Waals surface area contributed by atoms with E-state index in [9.17, 15) is 9.59 Å². The molecule has 17 heavy (non-hydrogen) atoms. The van der Waals surface area contributed by atoms with Crippen LogP contribution in [0.5, 0.6) is 0 Å². The first-order valence-corrected chi connectivity index (χ1v) is 6.55. The summed E-state index contributed by atoms with van der Waals surface area (Å²) in [6.07, 6.45) is 6.77. The van der Waals surface area contributed by atoms with Gasteiger partial charge in [0, 0.05) is 24.7 Å². The van der Waals surface area contributed by atoms with E-state index in [0.717, 1.165) is 6.42 Å². The second kappa shape index (κ2) is 5.61. The van der Waals surface area contributed by atoms with E-state index in [1.165, 1.54) is 0 Å². The van der Waals surface area contributed by atoms with E-state index in [2.05, 4.69) is 26.0 Å². The van der Waals surface area contributed by atoms with E-state index in [-0.39, 0.29) is 28.8 Å². The molecule has 0 N–H and O–H groups in total. The van der Waals surface area contributed by atoms with E-state index in [0.29, 0.717) is 19.3 Å². The molecule has 0 heterocycles. The lowest BCUT2D eigenvalue weighted by atomic mass is 9.83. The molecule has 96 valence electrons. The largest absolute Gasteiger partial charge is 0.299 e. The van der Waals surface area contributed by atoms with E-state index >= 15 is 0 Å². The third-order valence-electron chi connectivity index (χ3n) is 3.61. The molecule has 0 bridgehead atoms. The molecule has 0 saturated carbocycles. The molecule has 0 radical (unpaired) electrons. The molecule has 2 heteroatoms. The highest BCUT2D eigenvalue weighted by Crippen LogP contribution is 2.27. The molecule has 0 aromatic carbocycles. The highest BCUT2D eigenvalue weighted by molar-refractivity contribution is 5.84. The number of allylic oxidation sites excluding steroid dienone is 2. The smallest absolute Gasteiger partial charge is 0.136 e. The van der Waals surface area contributed by atoms with Gasteiger partial charge in [0.15, 0.2) is 0 Å². The van der Waals surface area contributed by atoms with Crippen LogP contribution in [0, 0.1) is 17.3 Å². The number of carbonyl (C=O) groups excluding carboxylic acids is 2. The van der Waals surface area contributed by atoms with Gasteiger partial charge in [-0.25, -0.2) is 0 Å². The fourth-order valence-electron chi connectivity index (χ4n) is 2.17. The van der Waals surface area contributed by atoms with Gasteiger partial charge in [-0.05, 0) is 18.3 Å². The van der Waals surface area contributed by atoms with Gasteiger partial charge in [0.25, 0.3) is 0 Å². The molecule has 2 nitrogen and oxygen atoms in total. The number of carbonyl (C=O) groups is 2. The monoisotopic (exact) mass is 236 g/mol. The zero-order valence-electron chi connectivity index (χ0n) is 11.5. The first-order valence-electron chi connectivity index (χ1n) is 6.55. The summed E-state index contributed by atoms with van der Waals surface area (Å²) in [6, 6.07) is 0. The molecule has 1 rings (SSSR count). The van der Waals surface area contributed by atoms with Crippen molar-refractivity contribution in [3.63, 3.8) is 0 Å². The minimum atomic E-state index is -0.0849. The minimum Gasteiger partial charge on any atom is -0.299 e. The van der Waals surface area contributed by atoms with Gasteiger partial charge >= 0.3 is 0 Å². The second-order valence-corrected chi connectivity index (χ2v) is 6.08. The SMILES string of the molecule is C[C@@H]1C/C=C\C(C)(C)CC(=O)[C@@H](C)CCC1=O. The molecule has 0 saturated heterocycles. The summed E-state index contributed by atoms with van der Waals surface area (Å²) >= 11 is 0. The number of rotatable bonds is 0. The van der Waals surface area contributed by atoms with Crippen molar-refractivity contribution >= 4 is 11.6 Å². The Morgan fingerprint density at radius 1 is 1.12 bits per heavy atom. The van der Waals surface area contributed by atoms with E-state index in [1.807, 2.05) is 13.8 Å². The lowest BCUT2D eigenvalue weighted by Gasteiger charge is -2.21. The third kappa shape index (κ3) is 4.45. The first kappa shape index (κ1) is 14.1. The summed E-state index contributed by atoms with van der Waals surface area (Å²) in [5.41, 5.74) is -0.0849. The molecule has 0 aromatic rings. The number of ketones is 2. The highest BCUT2D eigenvalue weighted by Gasteiger charge is 2.24. The van der Waals surface area contributed by atoms with Crippen molar-refractivity contribution in [1.29, 1.82) is 0 Å². The summed E-state index contributed by atoms with van der Waals surface area (Å²) in [5, 5.41) is 0. The normalized spacial score (nSPS) is 32.9. The van der Waals surface area contributed by atoms with Gasteiger partial charge in [-0.1, -0.05) is 39.8 Å². The van der Waals surface area contributed by atoms with Crippen LogP contribution >= 0.6 is 0 Å². The molecule has 0 aliphatic heterocycles. The Morgan fingerprint density at radius 3 is 2.41 bits per heavy atom. The highest BCUT2D eigenvalue weighted by atomic mass is 16.1. The van der Waals surface area contributed by atoms with Crippen LogP contribution in [0.15, 0.2) is 12.2 Å². The molecule has 0 aromatic heterocycles. The van der Waals surface area contributed by atoms with E-state index in [4.69, 9.17) is 0 Å². The van der Waals surface area contributed by atoms with Gasteiger partial charge in [-0.2, -0.15) is 0 Å². The summed E-state index contributed by atoms with van der Waals surface area (Å²) in [4.78, 5) is 23.8. The van der Waals surface area contributed by atoms with Crippen LogP contribution in [0.1, 0.15) is 53.4 Å². The van der Waals surface area contributed by atoms with Crippen LogP contribution in [-0.4, -0.2) is 11.6 Å². The summed E-state index contributed by atoms with van der Waals surface area (Å²) in [5.74, 6) is 0.662. The fourth-order valence-corrected chi connectivity index (χ4v) is 2.17. The van der Waals surface area contributed by atoms with Crippen LogP contribution in [0.4, 0.5) is 0 Å². The Morgan fingerprint density at radius 2 is 1.76 bits per heavy atom. The topological polar surface area (TPSA) is 34.1 Å². The van der Waals surface area contributed by atoms with E-state index in [1.54, 1.807) is 0 Å². The van der Waals surface area contributed by atoms with Crippen LogP contribution in [0.2, 0.25) is 0 Å². The average molecular weight is 236 g/mol. The minimum absolute atomic E-state index is 0.0110. The Labute approximate surface area is 104 Å². The number of Topliss-reactive ketones (excluding diaryl/α,β-unsaturated/α-hetero) is 2. The summed E-state index contributed by atoms with van der Waals surface area (Å²) < 4.78 is 0. The Hall–Kier alpha value is -0.920. The van der Waals surface area contributed by atoms with Crippen molar-refractivity contribution in [2.75, 3.05) is 0 Å². The number of hydrogen-bond acceptors (Lipinski definition) is 2. The zero-order chi connectivity index (χ0) is 13.1.